The van der Waals surface area contributed by atoms with Crippen LogP contribution in [0, 0.1) is 0 Å². The summed E-state index contributed by atoms with van der Waals surface area (Å²) in [5, 5.41) is 11.6. The molecule has 0 amide bonds. The summed E-state index contributed by atoms with van der Waals surface area (Å²) in [6.45, 7) is 1.82. The van der Waals surface area contributed by atoms with Crippen LogP contribution in [0.3, 0.4) is 0 Å². The first-order valence-electron chi connectivity index (χ1n) is 12.1. The Labute approximate surface area is 199 Å². The second-order valence-corrected chi connectivity index (χ2v) is 9.78. The van der Waals surface area contributed by atoms with Crippen molar-refractivity contribution in [1.29, 1.82) is 0 Å². The number of hydrogen-bond acceptors (Lipinski definition) is 7. The topological polar surface area (TPSA) is 109 Å². The fraction of sp³-hybridized carbons (Fsp3) is 0.423. The van der Waals surface area contributed by atoms with Crippen LogP contribution >= 0.6 is 0 Å². The van der Waals surface area contributed by atoms with Gasteiger partial charge >= 0.3 is 5.97 Å². The smallest absolute Gasteiger partial charge is 0.343 e. The minimum atomic E-state index is -1.92. The molecule has 1 aliphatic carbocycles. The highest BCUT2D eigenvalue weighted by Gasteiger charge is 2.46. The van der Waals surface area contributed by atoms with E-state index in [0.717, 1.165) is 36.9 Å². The Kier molecular flexibility index (Phi) is 4.14. The molecule has 9 heteroatoms. The molecule has 9 nitrogen and oxygen atoms in total. The number of carbonyl (C=O) groups excluding carboxylic acids is 1. The number of carbonyl (C=O) groups is 1. The second-order valence-electron chi connectivity index (χ2n) is 9.78. The van der Waals surface area contributed by atoms with Crippen LogP contribution in [0.5, 0.6) is 11.5 Å². The molecule has 4 aliphatic rings. The monoisotopic (exact) mass is 476 g/mol. The molecule has 0 bridgehead atoms. The first-order chi connectivity index (χ1) is 16.9. The number of pyridine rings is 2. The molecule has 180 valence electrons. The molecular weight excluding hydrogens is 452 g/mol. The summed E-state index contributed by atoms with van der Waals surface area (Å²) in [6, 6.07) is 5.44. The van der Waals surface area contributed by atoms with E-state index in [1.807, 2.05) is 6.07 Å². The van der Waals surface area contributed by atoms with E-state index in [1.165, 1.54) is 0 Å². The number of ether oxygens (including phenoxy) is 3. The summed E-state index contributed by atoms with van der Waals surface area (Å²) in [7, 11) is 0. The number of cyclic esters (lactones) is 1. The van der Waals surface area contributed by atoms with Crippen LogP contribution in [0.4, 0.5) is 0 Å². The van der Waals surface area contributed by atoms with Crippen molar-refractivity contribution in [3.63, 3.8) is 0 Å². The zero-order valence-corrected chi connectivity index (χ0v) is 19.3. The van der Waals surface area contributed by atoms with Crippen molar-refractivity contribution < 1.29 is 24.1 Å². The highest BCUT2D eigenvalue weighted by molar-refractivity contribution is 5.90. The molecule has 1 aromatic carbocycles. The molecule has 1 atom stereocenters. The SMILES string of the molecule is CC[C@@]1(O)C(=O)OCc2c1cc1n(c2=O)Cc2c-1c(=O)c1cc3c(cc1n2C1CCCC1)OCO3. The summed E-state index contributed by atoms with van der Waals surface area (Å²) in [4.78, 5) is 40.0. The lowest BCUT2D eigenvalue weighted by Gasteiger charge is -2.31. The number of fused-ring (bicyclic) bond motifs is 6. The normalized spacial score (nSPS) is 22.3. The fourth-order valence-electron chi connectivity index (χ4n) is 6.26. The zero-order chi connectivity index (χ0) is 24.1. The van der Waals surface area contributed by atoms with Gasteiger partial charge in [0.2, 0.25) is 6.79 Å². The van der Waals surface area contributed by atoms with Gasteiger partial charge in [-0.2, -0.15) is 0 Å². The molecule has 35 heavy (non-hydrogen) atoms. The van der Waals surface area contributed by atoms with E-state index in [2.05, 4.69) is 4.57 Å². The van der Waals surface area contributed by atoms with Crippen molar-refractivity contribution in [2.24, 2.45) is 0 Å². The standard InChI is InChI=1S/C26H24N2O7/c1-2-26(32)16-8-18-22-19(10-27(18)24(30)15(16)11-33-25(26)31)28(13-5-3-4-6-13)17-9-21-20(34-12-35-21)7-14(17)23(22)29/h7-9,13,32H,2-6,10-12H2,1H3/t26-/m0/s1. The molecule has 2 aromatic heterocycles. The van der Waals surface area contributed by atoms with Crippen LogP contribution in [0.2, 0.25) is 0 Å². The summed E-state index contributed by atoms with van der Waals surface area (Å²) in [5.41, 5.74) is 0.462. The highest BCUT2D eigenvalue weighted by atomic mass is 16.7. The Morgan fingerprint density at radius 2 is 1.80 bits per heavy atom. The third-order valence-corrected chi connectivity index (χ3v) is 8.10. The minimum Gasteiger partial charge on any atom is -0.458 e. The lowest BCUT2D eigenvalue weighted by molar-refractivity contribution is -0.172. The first kappa shape index (κ1) is 20.8. The zero-order valence-electron chi connectivity index (χ0n) is 19.3. The van der Waals surface area contributed by atoms with Crippen molar-refractivity contribution in [2.75, 3.05) is 6.79 Å². The van der Waals surface area contributed by atoms with E-state index >= 15 is 0 Å². The van der Waals surface area contributed by atoms with E-state index in [1.54, 1.807) is 23.6 Å². The summed E-state index contributed by atoms with van der Waals surface area (Å²) in [6.07, 6.45) is 4.22. The van der Waals surface area contributed by atoms with Crippen molar-refractivity contribution in [1.82, 2.24) is 9.13 Å². The van der Waals surface area contributed by atoms with Crippen molar-refractivity contribution >= 4 is 16.9 Å². The second kappa shape index (κ2) is 6.97. The van der Waals surface area contributed by atoms with Gasteiger partial charge in [0, 0.05) is 17.7 Å². The van der Waals surface area contributed by atoms with E-state index < -0.39 is 11.6 Å². The van der Waals surface area contributed by atoms with Crippen LogP contribution in [0.1, 0.15) is 61.9 Å². The van der Waals surface area contributed by atoms with Gasteiger partial charge in [-0.25, -0.2) is 4.79 Å². The number of benzene rings is 1. The Bertz CT molecular complexity index is 1580. The molecule has 3 aliphatic heterocycles. The summed E-state index contributed by atoms with van der Waals surface area (Å²) >= 11 is 0. The van der Waals surface area contributed by atoms with Crippen molar-refractivity contribution in [3.05, 3.63) is 55.6 Å². The number of aromatic nitrogens is 2. The van der Waals surface area contributed by atoms with Gasteiger partial charge in [-0.15, -0.1) is 0 Å². The predicted molar refractivity (Wildman–Crippen MR) is 125 cm³/mol. The molecule has 0 radical (unpaired) electrons. The molecule has 1 fully saturated rings. The van der Waals surface area contributed by atoms with Crippen molar-refractivity contribution in [2.45, 2.75) is 63.8 Å². The Hall–Kier alpha value is -3.59. The van der Waals surface area contributed by atoms with Crippen LogP contribution in [0.25, 0.3) is 22.2 Å². The van der Waals surface area contributed by atoms with Gasteiger partial charge in [0.25, 0.3) is 5.56 Å². The first-order valence-corrected chi connectivity index (χ1v) is 12.1. The maximum Gasteiger partial charge on any atom is 0.343 e. The largest absolute Gasteiger partial charge is 0.458 e. The Morgan fingerprint density at radius 3 is 2.54 bits per heavy atom. The van der Waals surface area contributed by atoms with Crippen LogP contribution in [-0.4, -0.2) is 27.0 Å². The van der Waals surface area contributed by atoms with E-state index in [-0.39, 0.29) is 54.5 Å². The maximum atomic E-state index is 13.9. The molecule has 5 heterocycles. The fourth-order valence-corrected chi connectivity index (χ4v) is 6.26. The minimum absolute atomic E-state index is 0.0576. The number of esters is 1. The summed E-state index contributed by atoms with van der Waals surface area (Å²) in [5.74, 6) is 0.358. The third kappa shape index (κ3) is 2.59. The predicted octanol–water partition coefficient (Wildman–Crippen LogP) is 2.69. The Morgan fingerprint density at radius 1 is 1.06 bits per heavy atom. The average molecular weight is 476 g/mol. The third-order valence-electron chi connectivity index (χ3n) is 8.10. The molecule has 1 N–H and O–H groups in total. The molecule has 1 saturated carbocycles. The van der Waals surface area contributed by atoms with Gasteiger partial charge in [0.05, 0.1) is 40.0 Å². The van der Waals surface area contributed by atoms with Crippen LogP contribution < -0.4 is 20.5 Å². The number of nitrogens with zero attached hydrogens (tertiary/aromatic N) is 2. The molecule has 3 aromatic rings. The van der Waals surface area contributed by atoms with E-state index in [4.69, 9.17) is 14.2 Å². The van der Waals surface area contributed by atoms with Gasteiger partial charge in [-0.3, -0.25) is 9.59 Å². The maximum absolute atomic E-state index is 13.9. The van der Waals surface area contributed by atoms with E-state index in [9.17, 15) is 19.5 Å². The summed E-state index contributed by atoms with van der Waals surface area (Å²) < 4.78 is 20.1. The number of aliphatic hydroxyl groups is 1. The molecular formula is C26H24N2O7. The lowest BCUT2D eigenvalue weighted by atomic mass is 9.85. The van der Waals surface area contributed by atoms with Crippen LogP contribution in [-0.2, 0) is 28.3 Å². The van der Waals surface area contributed by atoms with Crippen molar-refractivity contribution in [3.8, 4) is 22.8 Å². The van der Waals surface area contributed by atoms with Gasteiger partial charge < -0.3 is 28.5 Å². The molecule has 0 unspecified atom stereocenters. The number of hydrogen-bond donors (Lipinski definition) is 1. The highest BCUT2D eigenvalue weighted by Crippen LogP contribution is 2.43. The molecule has 7 rings (SSSR count). The van der Waals surface area contributed by atoms with Gasteiger partial charge in [-0.05, 0) is 31.4 Å². The Balaban J connectivity index is 1.57. The quantitative estimate of drug-likeness (QED) is 0.443. The molecule has 0 saturated heterocycles. The average Bonchev–Trinajstić information content (AvgIpc) is 3.61. The van der Waals surface area contributed by atoms with Gasteiger partial charge in [-0.1, -0.05) is 19.8 Å². The molecule has 0 spiro atoms. The van der Waals surface area contributed by atoms with E-state index in [0.29, 0.717) is 28.1 Å². The van der Waals surface area contributed by atoms with Crippen LogP contribution in [0.15, 0.2) is 27.8 Å². The van der Waals surface area contributed by atoms with Gasteiger partial charge in [0.15, 0.2) is 22.5 Å². The lowest BCUT2D eigenvalue weighted by Crippen LogP contribution is -2.44. The van der Waals surface area contributed by atoms with Gasteiger partial charge in [0.1, 0.15) is 6.61 Å². The number of rotatable bonds is 2.